The van der Waals surface area contributed by atoms with Crippen LogP contribution in [0.25, 0.3) is 0 Å². The standard InChI is InChI=1S/C6H5ClN/c1-5-4-6(7)2-3-8-5/h2-3H,1H3. The van der Waals surface area contributed by atoms with E-state index in [0.29, 0.717) is 5.02 Å². The molecule has 0 aromatic carbocycles. The van der Waals surface area contributed by atoms with Crippen LogP contribution in [0.4, 0.5) is 0 Å². The summed E-state index contributed by atoms with van der Waals surface area (Å²) in [6.07, 6.45) is 1.66. The molecule has 0 saturated carbocycles. The molecule has 0 amide bonds. The highest BCUT2D eigenvalue weighted by atomic mass is 35.5. The van der Waals surface area contributed by atoms with Gasteiger partial charge in [-0.25, -0.2) is 0 Å². The van der Waals surface area contributed by atoms with Crippen LogP contribution in [0.5, 0.6) is 0 Å². The second-order valence-corrected chi connectivity index (χ2v) is 1.91. The first-order valence-electron chi connectivity index (χ1n) is 2.29. The highest BCUT2D eigenvalue weighted by Crippen LogP contribution is 2.04. The second-order valence-electron chi connectivity index (χ2n) is 1.50. The molecule has 0 aliphatic heterocycles. The molecule has 1 heterocycles. The highest BCUT2D eigenvalue weighted by Gasteiger charge is 1.85. The molecule has 0 N–H and O–H groups in total. The minimum Gasteiger partial charge on any atom is -0.261 e. The van der Waals surface area contributed by atoms with E-state index in [-0.39, 0.29) is 0 Å². The number of pyridine rings is 1. The fraction of sp³-hybridized carbons (Fsp3) is 0.167. The summed E-state index contributed by atoms with van der Waals surface area (Å²) < 4.78 is 0. The van der Waals surface area contributed by atoms with Crippen molar-refractivity contribution in [3.63, 3.8) is 0 Å². The highest BCUT2D eigenvalue weighted by molar-refractivity contribution is 6.30. The van der Waals surface area contributed by atoms with Crippen LogP contribution in [0, 0.1) is 13.0 Å². The minimum atomic E-state index is 0.623. The molecule has 0 aliphatic carbocycles. The van der Waals surface area contributed by atoms with Gasteiger partial charge in [0, 0.05) is 18.0 Å². The van der Waals surface area contributed by atoms with Crippen molar-refractivity contribution in [2.24, 2.45) is 0 Å². The Hall–Kier alpha value is -0.560. The lowest BCUT2D eigenvalue weighted by atomic mass is 10.4. The van der Waals surface area contributed by atoms with Gasteiger partial charge in [-0.15, -0.1) is 0 Å². The Morgan fingerprint density at radius 2 is 2.50 bits per heavy atom. The number of nitrogens with zero attached hydrogens (tertiary/aromatic N) is 1. The van der Waals surface area contributed by atoms with Gasteiger partial charge < -0.3 is 0 Å². The topological polar surface area (TPSA) is 12.9 Å². The fourth-order valence-electron chi connectivity index (χ4n) is 0.461. The predicted octanol–water partition coefficient (Wildman–Crippen LogP) is 1.84. The summed E-state index contributed by atoms with van der Waals surface area (Å²) in [5.41, 5.74) is 0.831. The van der Waals surface area contributed by atoms with Crippen LogP contribution in [0.15, 0.2) is 12.3 Å². The van der Waals surface area contributed by atoms with E-state index in [1.807, 2.05) is 6.92 Å². The maximum absolute atomic E-state index is 5.55. The van der Waals surface area contributed by atoms with E-state index in [0.717, 1.165) is 5.69 Å². The Morgan fingerprint density at radius 1 is 1.75 bits per heavy atom. The van der Waals surface area contributed by atoms with E-state index in [2.05, 4.69) is 11.1 Å². The van der Waals surface area contributed by atoms with E-state index in [4.69, 9.17) is 11.6 Å². The maximum atomic E-state index is 5.55. The molecule has 0 saturated heterocycles. The van der Waals surface area contributed by atoms with Crippen LogP contribution in [0.1, 0.15) is 5.69 Å². The van der Waals surface area contributed by atoms with Crippen molar-refractivity contribution in [3.05, 3.63) is 29.0 Å². The fourth-order valence-corrected chi connectivity index (χ4v) is 0.654. The second kappa shape index (κ2) is 2.14. The first kappa shape index (κ1) is 5.57. The molecule has 1 aromatic heterocycles. The van der Waals surface area contributed by atoms with Gasteiger partial charge in [-0.3, -0.25) is 4.98 Å². The summed E-state index contributed by atoms with van der Waals surface area (Å²) in [7, 11) is 0. The molecular formula is C6H5ClN. The summed E-state index contributed by atoms with van der Waals surface area (Å²) in [6, 6.07) is 4.53. The van der Waals surface area contributed by atoms with Crippen molar-refractivity contribution < 1.29 is 0 Å². The van der Waals surface area contributed by atoms with E-state index < -0.39 is 0 Å². The lowest BCUT2D eigenvalue weighted by molar-refractivity contribution is 1.20. The number of halogens is 1. The van der Waals surface area contributed by atoms with Crippen LogP contribution in [-0.4, -0.2) is 4.98 Å². The number of hydrogen-bond acceptors (Lipinski definition) is 1. The molecule has 1 nitrogen and oxygen atoms in total. The number of rotatable bonds is 0. The Kier molecular flexibility index (Phi) is 1.49. The largest absolute Gasteiger partial charge is 0.261 e. The molecule has 1 rings (SSSR count). The van der Waals surface area contributed by atoms with Gasteiger partial charge in [-0.2, -0.15) is 0 Å². The van der Waals surface area contributed by atoms with Crippen LogP contribution in [0.2, 0.25) is 5.02 Å². The average Bonchev–Trinajstić information content (AvgIpc) is 1.64. The molecule has 0 fully saturated rings. The van der Waals surface area contributed by atoms with E-state index >= 15 is 0 Å². The third-order valence-electron chi connectivity index (χ3n) is 0.789. The van der Waals surface area contributed by atoms with Crippen molar-refractivity contribution in [1.29, 1.82) is 0 Å². The average molecular weight is 127 g/mol. The smallest absolute Gasteiger partial charge is 0.0519 e. The van der Waals surface area contributed by atoms with Gasteiger partial charge in [0.05, 0.1) is 5.02 Å². The van der Waals surface area contributed by atoms with Crippen LogP contribution in [-0.2, 0) is 0 Å². The van der Waals surface area contributed by atoms with Crippen molar-refractivity contribution >= 4 is 11.6 Å². The molecule has 41 valence electrons. The first-order chi connectivity index (χ1) is 3.79. The monoisotopic (exact) mass is 126 g/mol. The summed E-state index contributed by atoms with van der Waals surface area (Å²) >= 11 is 5.55. The van der Waals surface area contributed by atoms with Gasteiger partial charge in [0.25, 0.3) is 0 Å². The number of hydrogen-bond donors (Lipinski definition) is 0. The van der Waals surface area contributed by atoms with E-state index in [9.17, 15) is 0 Å². The Bertz CT molecular complexity index is 168. The zero-order chi connectivity index (χ0) is 5.98. The third-order valence-corrected chi connectivity index (χ3v) is 1.01. The van der Waals surface area contributed by atoms with Crippen LogP contribution >= 0.6 is 11.6 Å². The van der Waals surface area contributed by atoms with Gasteiger partial charge in [-0.1, -0.05) is 11.6 Å². The Balaban J connectivity index is 3.08. The zero-order valence-corrected chi connectivity index (χ0v) is 5.24. The van der Waals surface area contributed by atoms with Gasteiger partial charge in [-0.05, 0) is 13.0 Å². The Labute approximate surface area is 53.3 Å². The van der Waals surface area contributed by atoms with Gasteiger partial charge in [0.1, 0.15) is 0 Å². The molecule has 0 spiro atoms. The Morgan fingerprint density at radius 3 is 2.88 bits per heavy atom. The van der Waals surface area contributed by atoms with Gasteiger partial charge in [0.15, 0.2) is 0 Å². The van der Waals surface area contributed by atoms with Crippen molar-refractivity contribution in [3.8, 4) is 0 Å². The molecule has 1 aromatic rings. The van der Waals surface area contributed by atoms with Crippen LogP contribution < -0.4 is 0 Å². The van der Waals surface area contributed by atoms with Gasteiger partial charge in [0.2, 0.25) is 0 Å². The number of aryl methyl sites for hydroxylation is 1. The molecule has 0 bridgehead atoms. The SMILES string of the molecule is Cc1[c]c(Cl)ccn1. The molecule has 8 heavy (non-hydrogen) atoms. The first-order valence-corrected chi connectivity index (χ1v) is 2.67. The van der Waals surface area contributed by atoms with E-state index in [1.54, 1.807) is 12.3 Å². The molecule has 2 heteroatoms. The summed E-state index contributed by atoms with van der Waals surface area (Å²) in [5, 5.41) is 0.623. The lowest BCUT2D eigenvalue weighted by Gasteiger charge is -1.87. The quantitative estimate of drug-likeness (QED) is 0.517. The summed E-state index contributed by atoms with van der Waals surface area (Å²) in [4.78, 5) is 3.90. The number of aromatic nitrogens is 1. The van der Waals surface area contributed by atoms with Crippen molar-refractivity contribution in [1.82, 2.24) is 4.98 Å². The van der Waals surface area contributed by atoms with Crippen molar-refractivity contribution in [2.45, 2.75) is 6.92 Å². The maximum Gasteiger partial charge on any atom is 0.0519 e. The molecule has 0 aliphatic rings. The van der Waals surface area contributed by atoms with Crippen LogP contribution in [0.3, 0.4) is 0 Å². The molecule has 1 radical (unpaired) electrons. The zero-order valence-electron chi connectivity index (χ0n) is 4.48. The molecule has 0 unspecified atom stereocenters. The van der Waals surface area contributed by atoms with Crippen molar-refractivity contribution in [2.75, 3.05) is 0 Å². The molecular weight excluding hydrogens is 122 g/mol. The normalized spacial score (nSPS) is 9.25. The minimum absolute atomic E-state index is 0.623. The summed E-state index contributed by atoms with van der Waals surface area (Å²) in [6.45, 7) is 1.85. The summed E-state index contributed by atoms with van der Waals surface area (Å²) in [5.74, 6) is 0. The van der Waals surface area contributed by atoms with E-state index in [1.165, 1.54) is 0 Å². The third kappa shape index (κ3) is 1.20. The van der Waals surface area contributed by atoms with Gasteiger partial charge >= 0.3 is 0 Å². The predicted molar refractivity (Wildman–Crippen MR) is 32.8 cm³/mol. The lowest BCUT2D eigenvalue weighted by Crippen LogP contribution is -1.76. The molecule has 0 atom stereocenters.